The number of rotatable bonds is 6. The molecule has 1 aromatic carbocycles. The molecule has 1 aliphatic heterocycles. The summed E-state index contributed by atoms with van der Waals surface area (Å²) >= 11 is 1.78. The molecule has 1 heterocycles. The van der Waals surface area contributed by atoms with Gasteiger partial charge in [0.05, 0.1) is 13.2 Å². The van der Waals surface area contributed by atoms with Crippen LogP contribution in [-0.4, -0.2) is 42.0 Å². The highest BCUT2D eigenvalue weighted by Gasteiger charge is 2.38. The van der Waals surface area contributed by atoms with Crippen LogP contribution in [0.15, 0.2) is 24.3 Å². The number of nitrogens with one attached hydrogen (secondary N) is 1. The second-order valence-corrected chi connectivity index (χ2v) is 6.62. The minimum Gasteiger partial charge on any atom is -0.497 e. The topological polar surface area (TPSA) is 41.6 Å². The third-order valence-corrected chi connectivity index (χ3v) is 4.90. The Morgan fingerprint density at radius 1 is 1.38 bits per heavy atom. The quantitative estimate of drug-likeness (QED) is 0.877. The molecule has 0 aliphatic carbocycles. The van der Waals surface area contributed by atoms with Crippen molar-refractivity contribution in [1.82, 2.24) is 10.2 Å². The Hall–Kier alpha value is -1.20. The number of nitrogens with zero attached hydrogens (tertiary/aromatic N) is 1. The first-order valence-electron chi connectivity index (χ1n) is 7.34. The first kappa shape index (κ1) is 16.2. The maximum Gasteiger partial charge on any atom is 0.241 e. The number of thioether (sulfide) groups is 1. The molecule has 1 aromatic rings. The molecule has 0 radical (unpaired) electrons. The van der Waals surface area contributed by atoms with E-state index in [9.17, 15) is 4.79 Å². The lowest BCUT2D eigenvalue weighted by atomic mass is 10.1. The van der Waals surface area contributed by atoms with Crippen LogP contribution in [0.1, 0.15) is 32.0 Å². The molecule has 5 heteroatoms. The first-order chi connectivity index (χ1) is 10.1. The molecule has 3 unspecified atom stereocenters. The van der Waals surface area contributed by atoms with Gasteiger partial charge in [0, 0.05) is 11.8 Å². The summed E-state index contributed by atoms with van der Waals surface area (Å²) in [6, 6.07) is 7.86. The molecular formula is C16H24N2O2S. The van der Waals surface area contributed by atoms with Crippen molar-refractivity contribution in [2.75, 3.05) is 19.9 Å². The Morgan fingerprint density at radius 3 is 2.57 bits per heavy atom. The lowest BCUT2D eigenvalue weighted by molar-refractivity contribution is -0.130. The number of carbonyl (C=O) groups excluding carboxylic acids is 1. The summed E-state index contributed by atoms with van der Waals surface area (Å²) in [6.07, 6.45) is 2.86. The largest absolute Gasteiger partial charge is 0.497 e. The van der Waals surface area contributed by atoms with Crippen molar-refractivity contribution < 1.29 is 9.53 Å². The van der Waals surface area contributed by atoms with Crippen LogP contribution in [0.2, 0.25) is 0 Å². The van der Waals surface area contributed by atoms with Gasteiger partial charge in [-0.05, 0) is 30.4 Å². The molecule has 116 valence electrons. The minimum absolute atomic E-state index is 0.0389. The van der Waals surface area contributed by atoms with Gasteiger partial charge < -0.3 is 9.64 Å². The van der Waals surface area contributed by atoms with Gasteiger partial charge in [0.1, 0.15) is 11.9 Å². The zero-order valence-electron chi connectivity index (χ0n) is 13.1. The Morgan fingerprint density at radius 2 is 2.05 bits per heavy atom. The van der Waals surface area contributed by atoms with Crippen LogP contribution in [0.5, 0.6) is 5.75 Å². The summed E-state index contributed by atoms with van der Waals surface area (Å²) in [5, 5.41) is 3.87. The van der Waals surface area contributed by atoms with Gasteiger partial charge in [-0.2, -0.15) is 11.8 Å². The highest BCUT2D eigenvalue weighted by Crippen LogP contribution is 2.29. The molecule has 0 spiro atoms. The average molecular weight is 308 g/mol. The van der Waals surface area contributed by atoms with Crippen LogP contribution in [0, 0.1) is 0 Å². The third-order valence-electron chi connectivity index (χ3n) is 3.95. The second kappa shape index (κ2) is 7.18. The number of benzene rings is 1. The van der Waals surface area contributed by atoms with Gasteiger partial charge in [-0.3, -0.25) is 10.1 Å². The third kappa shape index (κ3) is 3.52. The van der Waals surface area contributed by atoms with E-state index in [1.54, 1.807) is 18.9 Å². The fourth-order valence-electron chi connectivity index (χ4n) is 2.58. The Kier molecular flexibility index (Phi) is 5.53. The molecular weight excluding hydrogens is 284 g/mol. The van der Waals surface area contributed by atoms with Gasteiger partial charge >= 0.3 is 0 Å². The molecule has 3 atom stereocenters. The van der Waals surface area contributed by atoms with E-state index >= 15 is 0 Å². The summed E-state index contributed by atoms with van der Waals surface area (Å²) in [4.78, 5) is 14.5. The number of hydrogen-bond donors (Lipinski definition) is 1. The van der Waals surface area contributed by atoms with Crippen molar-refractivity contribution in [3.8, 4) is 5.75 Å². The molecule has 1 aliphatic rings. The maximum absolute atomic E-state index is 12.5. The number of amides is 1. The van der Waals surface area contributed by atoms with Crippen LogP contribution in [0.4, 0.5) is 0 Å². The zero-order valence-corrected chi connectivity index (χ0v) is 13.9. The Bertz CT molecular complexity index is 478. The Labute approximate surface area is 131 Å². The number of carbonyl (C=O) groups is 1. The van der Waals surface area contributed by atoms with Crippen molar-refractivity contribution in [2.45, 2.75) is 37.7 Å². The van der Waals surface area contributed by atoms with Crippen LogP contribution in [-0.2, 0) is 4.79 Å². The predicted octanol–water partition coefficient (Wildman–Crippen LogP) is 2.66. The summed E-state index contributed by atoms with van der Waals surface area (Å²) < 4.78 is 5.20. The van der Waals surface area contributed by atoms with Gasteiger partial charge in [0.2, 0.25) is 5.91 Å². The molecule has 1 saturated heterocycles. The van der Waals surface area contributed by atoms with E-state index in [2.05, 4.69) is 18.5 Å². The lowest BCUT2D eigenvalue weighted by Crippen LogP contribution is -2.35. The lowest BCUT2D eigenvalue weighted by Gasteiger charge is -2.27. The van der Waals surface area contributed by atoms with E-state index in [0.29, 0.717) is 5.25 Å². The minimum atomic E-state index is -0.0776. The molecule has 1 amide bonds. The highest BCUT2D eigenvalue weighted by molar-refractivity contribution is 7.99. The maximum atomic E-state index is 12.5. The number of hydrogen-bond acceptors (Lipinski definition) is 4. The molecule has 0 bridgehead atoms. The normalized spacial score (nSPS) is 23.4. The number of methoxy groups -OCH3 is 1. The van der Waals surface area contributed by atoms with Crippen molar-refractivity contribution in [3.63, 3.8) is 0 Å². The molecule has 0 saturated carbocycles. The standard InChI is InChI=1S/C16H24N2O2S/c1-5-14-16(19)18(10-11(2)21-4)15(17-14)12-6-8-13(20-3)9-7-12/h6-9,11,14-15,17H,5,10H2,1-4H3. The van der Waals surface area contributed by atoms with Gasteiger partial charge in [0.25, 0.3) is 0 Å². The van der Waals surface area contributed by atoms with Crippen LogP contribution < -0.4 is 10.1 Å². The van der Waals surface area contributed by atoms with E-state index in [1.165, 1.54) is 0 Å². The molecule has 4 nitrogen and oxygen atoms in total. The van der Waals surface area contributed by atoms with E-state index < -0.39 is 0 Å². The van der Waals surface area contributed by atoms with Gasteiger partial charge in [-0.15, -0.1) is 0 Å². The van der Waals surface area contributed by atoms with E-state index in [-0.39, 0.29) is 18.1 Å². The van der Waals surface area contributed by atoms with Gasteiger partial charge in [-0.1, -0.05) is 26.0 Å². The second-order valence-electron chi connectivity index (χ2n) is 5.34. The first-order valence-corrected chi connectivity index (χ1v) is 8.62. The zero-order chi connectivity index (χ0) is 15.4. The summed E-state index contributed by atoms with van der Waals surface area (Å²) in [5.74, 6) is 1.04. The van der Waals surface area contributed by atoms with Crippen LogP contribution >= 0.6 is 11.8 Å². The fraction of sp³-hybridized carbons (Fsp3) is 0.562. The van der Waals surface area contributed by atoms with Crippen LogP contribution in [0.3, 0.4) is 0 Å². The fourth-order valence-corrected chi connectivity index (χ4v) is 2.89. The van der Waals surface area contributed by atoms with Crippen molar-refractivity contribution in [2.24, 2.45) is 0 Å². The number of ether oxygens (including phenoxy) is 1. The van der Waals surface area contributed by atoms with E-state index in [0.717, 1.165) is 24.3 Å². The smallest absolute Gasteiger partial charge is 0.241 e. The molecule has 21 heavy (non-hydrogen) atoms. The van der Waals surface area contributed by atoms with Gasteiger partial charge in [0.15, 0.2) is 0 Å². The van der Waals surface area contributed by atoms with Crippen molar-refractivity contribution >= 4 is 17.7 Å². The van der Waals surface area contributed by atoms with E-state index in [4.69, 9.17) is 4.74 Å². The van der Waals surface area contributed by atoms with E-state index in [1.807, 2.05) is 36.1 Å². The predicted molar refractivity (Wildman–Crippen MR) is 87.6 cm³/mol. The summed E-state index contributed by atoms with van der Waals surface area (Å²) in [7, 11) is 1.66. The highest BCUT2D eigenvalue weighted by atomic mass is 32.2. The molecule has 1 N–H and O–H groups in total. The molecule has 2 rings (SSSR count). The SMILES string of the molecule is CCC1NC(c2ccc(OC)cc2)N(CC(C)SC)C1=O. The summed E-state index contributed by atoms with van der Waals surface area (Å²) in [6.45, 7) is 4.96. The van der Waals surface area contributed by atoms with Crippen molar-refractivity contribution in [1.29, 1.82) is 0 Å². The van der Waals surface area contributed by atoms with Crippen molar-refractivity contribution in [3.05, 3.63) is 29.8 Å². The van der Waals surface area contributed by atoms with Gasteiger partial charge in [-0.25, -0.2) is 0 Å². The molecule has 1 fully saturated rings. The molecule has 0 aromatic heterocycles. The Balaban J connectivity index is 2.22. The van der Waals surface area contributed by atoms with Crippen LogP contribution in [0.25, 0.3) is 0 Å². The summed E-state index contributed by atoms with van der Waals surface area (Å²) in [5.41, 5.74) is 1.11. The average Bonchev–Trinajstić information content (AvgIpc) is 2.83. The monoisotopic (exact) mass is 308 g/mol.